The molecule has 13 heteroatoms. The van der Waals surface area contributed by atoms with Crippen molar-refractivity contribution in [3.63, 3.8) is 0 Å². The molecular weight excluding hydrogens is 630 g/mol. The summed E-state index contributed by atoms with van der Waals surface area (Å²) >= 11 is 3.34. The second-order valence-electron chi connectivity index (χ2n) is 9.32. The summed E-state index contributed by atoms with van der Waals surface area (Å²) in [5.74, 6) is 0.947. The van der Waals surface area contributed by atoms with Crippen molar-refractivity contribution < 1.29 is 8.78 Å². The summed E-state index contributed by atoms with van der Waals surface area (Å²) in [5, 5.41) is 13.0. The van der Waals surface area contributed by atoms with Crippen molar-refractivity contribution in [2.24, 2.45) is 0 Å². The van der Waals surface area contributed by atoms with Gasteiger partial charge in [-0.15, -0.1) is 10.2 Å². The summed E-state index contributed by atoms with van der Waals surface area (Å²) in [6.45, 7) is 0.564. The standard InChI is InChI=1S/C17H13FN6.C14H10BrFN4/c18-14-7-2-1-6-13(14)12-24-17(23-11-5-10-20-23)21-16(22-24)15-8-3-4-9-19-15;15-14-18-13(12-7-3-4-8-17-12)19-20(14)9-10-5-1-2-6-11(10)16/h1-11H,12H2;1-8H,9H2. The van der Waals surface area contributed by atoms with Crippen LogP contribution in [0.3, 0.4) is 0 Å². The number of aromatic nitrogens is 10. The third-order valence-electron chi connectivity index (χ3n) is 6.33. The van der Waals surface area contributed by atoms with Gasteiger partial charge in [0.05, 0.1) is 13.1 Å². The molecule has 0 aliphatic rings. The van der Waals surface area contributed by atoms with E-state index in [1.807, 2.05) is 36.4 Å². The van der Waals surface area contributed by atoms with E-state index in [0.29, 0.717) is 51.4 Å². The van der Waals surface area contributed by atoms with E-state index >= 15 is 0 Å². The van der Waals surface area contributed by atoms with Crippen LogP contribution in [0.4, 0.5) is 8.78 Å². The van der Waals surface area contributed by atoms with Crippen LogP contribution in [0, 0.1) is 11.6 Å². The Bertz CT molecular complexity index is 1960. The zero-order chi connectivity index (χ0) is 30.3. The van der Waals surface area contributed by atoms with E-state index in [-0.39, 0.29) is 18.2 Å². The topological polar surface area (TPSA) is 105 Å². The average Bonchev–Trinajstić information content (AvgIpc) is 3.82. The van der Waals surface area contributed by atoms with Crippen LogP contribution in [-0.4, -0.2) is 49.3 Å². The molecule has 0 bridgehead atoms. The SMILES string of the molecule is Fc1ccccc1Cn1nc(-c2ccccn2)nc1-n1cccn1.Fc1ccccc1Cn1nc(-c2ccccn2)nc1Br. The van der Waals surface area contributed by atoms with Crippen LogP contribution in [0.1, 0.15) is 11.1 Å². The van der Waals surface area contributed by atoms with Crippen molar-refractivity contribution in [3.8, 4) is 29.0 Å². The van der Waals surface area contributed by atoms with Gasteiger partial charge in [0.25, 0.3) is 0 Å². The number of nitrogens with zero attached hydrogens (tertiary/aromatic N) is 10. The Hall–Kier alpha value is -5.43. The van der Waals surface area contributed by atoms with Gasteiger partial charge in [-0.25, -0.2) is 22.8 Å². The zero-order valence-electron chi connectivity index (χ0n) is 23.0. The molecule has 0 N–H and O–H groups in total. The maximum absolute atomic E-state index is 14.0. The molecule has 0 fully saturated rings. The minimum absolute atomic E-state index is 0.252. The van der Waals surface area contributed by atoms with E-state index in [1.54, 1.807) is 81.3 Å². The van der Waals surface area contributed by atoms with Crippen molar-refractivity contribution in [2.45, 2.75) is 13.1 Å². The summed E-state index contributed by atoms with van der Waals surface area (Å²) in [5.41, 5.74) is 2.42. The Balaban J connectivity index is 0.000000159. The van der Waals surface area contributed by atoms with Crippen molar-refractivity contribution >= 4 is 15.9 Å². The molecule has 0 saturated carbocycles. The fourth-order valence-corrected chi connectivity index (χ4v) is 4.58. The van der Waals surface area contributed by atoms with Crippen LogP contribution in [0.5, 0.6) is 0 Å². The molecule has 44 heavy (non-hydrogen) atoms. The third-order valence-corrected chi connectivity index (χ3v) is 6.92. The highest BCUT2D eigenvalue weighted by atomic mass is 79.9. The lowest BCUT2D eigenvalue weighted by molar-refractivity contribution is 0.575. The number of hydrogen-bond acceptors (Lipinski definition) is 7. The molecule has 218 valence electrons. The molecule has 0 spiro atoms. The van der Waals surface area contributed by atoms with Gasteiger partial charge in [0.15, 0.2) is 4.73 Å². The van der Waals surface area contributed by atoms with Crippen LogP contribution in [-0.2, 0) is 13.1 Å². The first-order valence-corrected chi connectivity index (χ1v) is 14.2. The molecule has 0 amide bonds. The largest absolute Gasteiger partial charge is 0.253 e. The summed E-state index contributed by atoms with van der Waals surface area (Å²) < 4.78 is 33.0. The number of pyridine rings is 2. The maximum atomic E-state index is 14.0. The zero-order valence-corrected chi connectivity index (χ0v) is 24.6. The Morgan fingerprint density at radius 1 is 0.591 bits per heavy atom. The Morgan fingerprint density at radius 2 is 1.14 bits per heavy atom. The molecule has 5 aromatic heterocycles. The minimum Gasteiger partial charge on any atom is -0.253 e. The summed E-state index contributed by atoms with van der Waals surface area (Å²) in [6.07, 6.45) is 6.79. The van der Waals surface area contributed by atoms with Crippen LogP contribution >= 0.6 is 15.9 Å². The maximum Gasteiger partial charge on any atom is 0.249 e. The molecule has 0 saturated heterocycles. The van der Waals surface area contributed by atoms with Crippen molar-refractivity contribution in [3.05, 3.63) is 143 Å². The highest BCUT2D eigenvalue weighted by Crippen LogP contribution is 2.19. The van der Waals surface area contributed by atoms with Crippen LogP contribution in [0.15, 0.2) is 121 Å². The van der Waals surface area contributed by atoms with E-state index in [2.05, 4.69) is 51.2 Å². The Kier molecular flexibility index (Phi) is 8.64. The molecule has 0 aliphatic carbocycles. The molecule has 2 aromatic carbocycles. The predicted octanol–water partition coefficient (Wildman–Crippen LogP) is 6.00. The highest BCUT2D eigenvalue weighted by Gasteiger charge is 2.16. The van der Waals surface area contributed by atoms with Crippen molar-refractivity contribution in [1.29, 1.82) is 0 Å². The van der Waals surface area contributed by atoms with Gasteiger partial charge in [0.1, 0.15) is 23.0 Å². The lowest BCUT2D eigenvalue weighted by Gasteiger charge is -2.06. The van der Waals surface area contributed by atoms with Crippen LogP contribution < -0.4 is 0 Å². The molecule has 0 unspecified atom stereocenters. The fraction of sp³-hybridized carbons (Fsp3) is 0.0645. The summed E-state index contributed by atoms with van der Waals surface area (Å²) in [6, 6.07) is 26.1. The lowest BCUT2D eigenvalue weighted by atomic mass is 10.2. The number of benzene rings is 2. The smallest absolute Gasteiger partial charge is 0.249 e. The lowest BCUT2D eigenvalue weighted by Crippen LogP contribution is -2.10. The molecule has 7 aromatic rings. The molecule has 0 aliphatic heterocycles. The second kappa shape index (κ2) is 13.3. The van der Waals surface area contributed by atoms with Gasteiger partial charge in [0.2, 0.25) is 17.6 Å². The van der Waals surface area contributed by atoms with Gasteiger partial charge in [0, 0.05) is 35.9 Å². The first kappa shape index (κ1) is 28.7. The van der Waals surface area contributed by atoms with Gasteiger partial charge < -0.3 is 0 Å². The minimum atomic E-state index is -0.279. The normalized spacial score (nSPS) is 10.8. The fourth-order valence-electron chi connectivity index (χ4n) is 4.20. The number of hydrogen-bond donors (Lipinski definition) is 0. The molecule has 0 atom stereocenters. The van der Waals surface area contributed by atoms with Gasteiger partial charge in [-0.05, 0) is 58.4 Å². The third kappa shape index (κ3) is 6.63. The Labute approximate surface area is 258 Å². The van der Waals surface area contributed by atoms with Crippen molar-refractivity contribution in [2.75, 3.05) is 0 Å². The summed E-state index contributed by atoms with van der Waals surface area (Å²) in [4.78, 5) is 17.3. The van der Waals surface area contributed by atoms with E-state index in [0.717, 1.165) is 0 Å². The van der Waals surface area contributed by atoms with E-state index in [4.69, 9.17) is 0 Å². The van der Waals surface area contributed by atoms with E-state index < -0.39 is 0 Å². The van der Waals surface area contributed by atoms with E-state index in [9.17, 15) is 8.78 Å². The highest BCUT2D eigenvalue weighted by molar-refractivity contribution is 9.10. The van der Waals surface area contributed by atoms with Crippen molar-refractivity contribution in [1.82, 2.24) is 49.3 Å². The van der Waals surface area contributed by atoms with Gasteiger partial charge in [-0.1, -0.05) is 48.5 Å². The average molecular weight is 653 g/mol. The number of rotatable bonds is 7. The molecule has 10 nitrogen and oxygen atoms in total. The van der Waals surface area contributed by atoms with Crippen LogP contribution in [0.2, 0.25) is 0 Å². The molecule has 7 rings (SSSR count). The van der Waals surface area contributed by atoms with Gasteiger partial charge in [-0.2, -0.15) is 15.1 Å². The first-order valence-electron chi connectivity index (χ1n) is 13.4. The van der Waals surface area contributed by atoms with Gasteiger partial charge >= 0.3 is 0 Å². The predicted molar refractivity (Wildman–Crippen MR) is 162 cm³/mol. The molecular formula is C31H23BrF2N10. The van der Waals surface area contributed by atoms with E-state index in [1.165, 1.54) is 12.1 Å². The monoisotopic (exact) mass is 652 g/mol. The number of halogens is 3. The Morgan fingerprint density at radius 3 is 1.68 bits per heavy atom. The first-order chi connectivity index (χ1) is 21.5. The van der Waals surface area contributed by atoms with Gasteiger partial charge in [-0.3, -0.25) is 9.97 Å². The second-order valence-corrected chi connectivity index (χ2v) is 10.0. The quantitative estimate of drug-likeness (QED) is 0.208. The van der Waals surface area contributed by atoms with Crippen LogP contribution in [0.25, 0.3) is 29.0 Å². The molecule has 0 radical (unpaired) electrons. The molecule has 5 heterocycles. The summed E-state index contributed by atoms with van der Waals surface area (Å²) in [7, 11) is 0.